The molecule has 0 radical (unpaired) electrons. The van der Waals surface area contributed by atoms with Crippen LogP contribution in [0.15, 0.2) is 42.5 Å². The van der Waals surface area contributed by atoms with Crippen LogP contribution in [0.25, 0.3) is 0 Å². The van der Waals surface area contributed by atoms with Gasteiger partial charge in [0.05, 0.1) is 4.92 Å². The SMILES string of the molecule is CC(C)(C)c1ccc(OCC(=O)Nc2ccc(Cl)c([N+](=O)[O-])c2)cc1. The van der Waals surface area contributed by atoms with Gasteiger partial charge >= 0.3 is 0 Å². The Morgan fingerprint density at radius 1 is 1.20 bits per heavy atom. The summed E-state index contributed by atoms with van der Waals surface area (Å²) in [6.07, 6.45) is 0. The molecule has 0 bridgehead atoms. The first-order chi connectivity index (χ1) is 11.7. The zero-order valence-corrected chi connectivity index (χ0v) is 15.0. The predicted molar refractivity (Wildman–Crippen MR) is 97.4 cm³/mol. The number of nitrogens with one attached hydrogen (secondary N) is 1. The third-order valence-corrected chi connectivity index (χ3v) is 3.84. The summed E-state index contributed by atoms with van der Waals surface area (Å²) in [5.41, 5.74) is 1.22. The molecule has 0 unspecified atom stereocenters. The van der Waals surface area contributed by atoms with Gasteiger partial charge in [0.15, 0.2) is 6.61 Å². The highest BCUT2D eigenvalue weighted by atomic mass is 35.5. The molecule has 0 aliphatic heterocycles. The fourth-order valence-electron chi connectivity index (χ4n) is 2.13. The molecular formula is C18H19ClN2O4. The molecule has 0 atom stereocenters. The van der Waals surface area contributed by atoms with Gasteiger partial charge in [0.1, 0.15) is 10.8 Å². The first-order valence-electron chi connectivity index (χ1n) is 7.64. The second-order valence-electron chi connectivity index (χ2n) is 6.53. The van der Waals surface area contributed by atoms with Crippen LogP contribution in [0.1, 0.15) is 26.3 Å². The molecule has 0 fully saturated rings. The van der Waals surface area contributed by atoms with E-state index in [1.54, 1.807) is 12.1 Å². The van der Waals surface area contributed by atoms with Gasteiger partial charge in [-0.1, -0.05) is 44.5 Å². The molecule has 0 aliphatic carbocycles. The summed E-state index contributed by atoms with van der Waals surface area (Å²) < 4.78 is 5.44. The normalized spacial score (nSPS) is 11.0. The van der Waals surface area contributed by atoms with E-state index < -0.39 is 10.8 Å². The van der Waals surface area contributed by atoms with Gasteiger partial charge in [0, 0.05) is 11.8 Å². The van der Waals surface area contributed by atoms with Crippen LogP contribution in [0.5, 0.6) is 5.75 Å². The van der Waals surface area contributed by atoms with Crippen LogP contribution in [0, 0.1) is 10.1 Å². The first kappa shape index (κ1) is 18.7. The maximum absolute atomic E-state index is 11.9. The number of amides is 1. The van der Waals surface area contributed by atoms with Crippen LogP contribution in [0.4, 0.5) is 11.4 Å². The van der Waals surface area contributed by atoms with E-state index in [1.165, 1.54) is 18.2 Å². The lowest BCUT2D eigenvalue weighted by molar-refractivity contribution is -0.384. The van der Waals surface area contributed by atoms with Gasteiger partial charge in [0.25, 0.3) is 11.6 Å². The molecular weight excluding hydrogens is 344 g/mol. The van der Waals surface area contributed by atoms with Crippen molar-refractivity contribution in [3.05, 3.63) is 63.2 Å². The standard InChI is InChI=1S/C18H19ClN2O4/c1-18(2,3)12-4-7-14(8-5-12)25-11-17(22)20-13-6-9-15(19)16(10-13)21(23)24/h4-10H,11H2,1-3H3,(H,20,22). The Morgan fingerprint density at radius 3 is 2.40 bits per heavy atom. The van der Waals surface area contributed by atoms with Crippen LogP contribution in [0.2, 0.25) is 5.02 Å². The predicted octanol–water partition coefficient (Wildman–Crippen LogP) is 4.56. The second-order valence-corrected chi connectivity index (χ2v) is 6.94. The molecule has 0 saturated heterocycles. The number of nitro benzene ring substituents is 1. The molecule has 6 nitrogen and oxygen atoms in total. The van der Waals surface area contributed by atoms with E-state index in [2.05, 4.69) is 26.1 Å². The number of anilines is 1. The number of benzene rings is 2. The zero-order chi connectivity index (χ0) is 18.6. The molecule has 132 valence electrons. The molecule has 0 spiro atoms. The molecule has 7 heteroatoms. The Morgan fingerprint density at radius 2 is 1.84 bits per heavy atom. The van der Waals surface area contributed by atoms with Crippen LogP contribution >= 0.6 is 11.6 Å². The summed E-state index contributed by atoms with van der Waals surface area (Å²) in [4.78, 5) is 22.2. The molecule has 1 amide bonds. The van der Waals surface area contributed by atoms with E-state index in [-0.39, 0.29) is 28.4 Å². The summed E-state index contributed by atoms with van der Waals surface area (Å²) in [5.74, 6) is 0.154. The highest BCUT2D eigenvalue weighted by molar-refractivity contribution is 6.32. The van der Waals surface area contributed by atoms with Gasteiger partial charge in [-0.05, 0) is 35.2 Å². The number of nitrogens with zero attached hydrogens (tertiary/aromatic N) is 1. The van der Waals surface area contributed by atoms with Gasteiger partial charge in [0.2, 0.25) is 0 Å². The monoisotopic (exact) mass is 362 g/mol. The average Bonchev–Trinajstić information content (AvgIpc) is 2.54. The van der Waals surface area contributed by atoms with E-state index in [0.29, 0.717) is 5.75 Å². The van der Waals surface area contributed by atoms with Crippen LogP contribution in [-0.4, -0.2) is 17.4 Å². The van der Waals surface area contributed by atoms with E-state index in [1.807, 2.05) is 12.1 Å². The fourth-order valence-corrected chi connectivity index (χ4v) is 2.31. The number of hydrogen-bond donors (Lipinski definition) is 1. The number of carbonyl (C=O) groups is 1. The topological polar surface area (TPSA) is 81.5 Å². The number of halogens is 1. The Balaban J connectivity index is 1.95. The minimum atomic E-state index is -0.606. The molecule has 0 aromatic heterocycles. The quantitative estimate of drug-likeness (QED) is 0.624. The Hall–Kier alpha value is -2.60. The summed E-state index contributed by atoms with van der Waals surface area (Å²) in [5, 5.41) is 13.4. The molecule has 0 aliphatic rings. The third kappa shape index (κ3) is 5.19. The van der Waals surface area contributed by atoms with Crippen molar-refractivity contribution >= 4 is 28.9 Å². The number of rotatable bonds is 5. The summed E-state index contributed by atoms with van der Waals surface area (Å²) in [6.45, 7) is 6.14. The maximum atomic E-state index is 11.9. The molecule has 25 heavy (non-hydrogen) atoms. The van der Waals surface area contributed by atoms with Crippen molar-refractivity contribution in [2.24, 2.45) is 0 Å². The summed E-state index contributed by atoms with van der Waals surface area (Å²) in [7, 11) is 0. The third-order valence-electron chi connectivity index (χ3n) is 3.52. The molecule has 0 saturated carbocycles. The van der Waals surface area contributed by atoms with Crippen LogP contribution in [-0.2, 0) is 10.2 Å². The van der Waals surface area contributed by atoms with Crippen molar-refractivity contribution in [1.29, 1.82) is 0 Å². The first-order valence-corrected chi connectivity index (χ1v) is 8.02. The smallest absolute Gasteiger partial charge is 0.289 e. The summed E-state index contributed by atoms with van der Waals surface area (Å²) in [6, 6.07) is 11.6. The van der Waals surface area contributed by atoms with Crippen molar-refractivity contribution in [2.75, 3.05) is 11.9 Å². The van der Waals surface area contributed by atoms with Gasteiger partial charge < -0.3 is 10.1 Å². The van der Waals surface area contributed by atoms with Crippen molar-refractivity contribution in [3.63, 3.8) is 0 Å². The highest BCUT2D eigenvalue weighted by Crippen LogP contribution is 2.27. The van der Waals surface area contributed by atoms with Crippen molar-refractivity contribution in [1.82, 2.24) is 0 Å². The molecule has 2 rings (SSSR count). The van der Waals surface area contributed by atoms with Crippen LogP contribution in [0.3, 0.4) is 0 Å². The minimum Gasteiger partial charge on any atom is -0.484 e. The molecule has 0 heterocycles. The summed E-state index contributed by atoms with van der Waals surface area (Å²) >= 11 is 5.73. The second kappa shape index (κ2) is 7.53. The number of carbonyl (C=O) groups excluding carboxylic acids is 1. The lowest BCUT2D eigenvalue weighted by atomic mass is 9.87. The molecule has 2 aromatic carbocycles. The van der Waals surface area contributed by atoms with Crippen molar-refractivity contribution in [3.8, 4) is 5.75 Å². The lowest BCUT2D eigenvalue weighted by Gasteiger charge is -2.19. The van der Waals surface area contributed by atoms with E-state index in [9.17, 15) is 14.9 Å². The van der Waals surface area contributed by atoms with Crippen molar-refractivity contribution in [2.45, 2.75) is 26.2 Å². The number of ether oxygens (including phenoxy) is 1. The zero-order valence-electron chi connectivity index (χ0n) is 14.2. The largest absolute Gasteiger partial charge is 0.484 e. The average molecular weight is 363 g/mol. The van der Waals surface area contributed by atoms with E-state index >= 15 is 0 Å². The number of nitro groups is 1. The molecule has 1 N–H and O–H groups in total. The van der Waals surface area contributed by atoms with E-state index in [0.717, 1.165) is 5.56 Å². The van der Waals surface area contributed by atoms with Gasteiger partial charge in [-0.3, -0.25) is 14.9 Å². The Labute approximate surface area is 150 Å². The maximum Gasteiger partial charge on any atom is 0.289 e. The van der Waals surface area contributed by atoms with Gasteiger partial charge in [-0.25, -0.2) is 0 Å². The minimum absolute atomic E-state index is 0.0122. The Kier molecular flexibility index (Phi) is 5.64. The molecule has 2 aromatic rings. The Bertz CT molecular complexity index is 783. The van der Waals surface area contributed by atoms with Gasteiger partial charge in [-0.2, -0.15) is 0 Å². The van der Waals surface area contributed by atoms with Crippen molar-refractivity contribution < 1.29 is 14.5 Å². The lowest BCUT2D eigenvalue weighted by Crippen LogP contribution is -2.20. The van der Waals surface area contributed by atoms with Crippen LogP contribution < -0.4 is 10.1 Å². The number of hydrogen-bond acceptors (Lipinski definition) is 4. The van der Waals surface area contributed by atoms with E-state index in [4.69, 9.17) is 16.3 Å². The fraction of sp³-hybridized carbons (Fsp3) is 0.278. The highest BCUT2D eigenvalue weighted by Gasteiger charge is 2.15. The van der Waals surface area contributed by atoms with Gasteiger partial charge in [-0.15, -0.1) is 0 Å².